The van der Waals surface area contributed by atoms with Crippen molar-refractivity contribution in [1.29, 1.82) is 0 Å². The Morgan fingerprint density at radius 2 is 0.698 bits per heavy atom. The third kappa shape index (κ3) is 5.78. The van der Waals surface area contributed by atoms with Crippen molar-refractivity contribution < 1.29 is 0 Å². The molecule has 10 aromatic carbocycles. The molecule has 3 heteroatoms. The van der Waals surface area contributed by atoms with Crippen LogP contribution in [0.5, 0.6) is 0 Å². The summed E-state index contributed by atoms with van der Waals surface area (Å²) in [5.41, 5.74) is 11.9. The van der Waals surface area contributed by atoms with Crippen LogP contribution in [0.3, 0.4) is 0 Å². The first-order chi connectivity index (χ1) is 31.3. The van der Waals surface area contributed by atoms with Gasteiger partial charge in [0.1, 0.15) is 0 Å². The summed E-state index contributed by atoms with van der Waals surface area (Å²) < 4.78 is 5.07. The predicted molar refractivity (Wildman–Crippen MR) is 270 cm³/mol. The molecule has 12 rings (SSSR count). The van der Waals surface area contributed by atoms with Gasteiger partial charge in [0.15, 0.2) is 8.07 Å². The van der Waals surface area contributed by atoms with E-state index >= 15 is 0 Å². The number of rotatable bonds is 8. The highest BCUT2D eigenvalue weighted by atomic mass is 28.3. The number of fused-ring (bicyclic) bond motifs is 6. The summed E-state index contributed by atoms with van der Waals surface area (Å²) in [5.74, 6) is 0. The first-order valence-electron chi connectivity index (χ1n) is 21.8. The molecule has 12 aromatic rings. The predicted octanol–water partition coefficient (Wildman–Crippen LogP) is 12.6. The van der Waals surface area contributed by atoms with E-state index in [0.717, 1.165) is 11.4 Å². The second kappa shape index (κ2) is 15.2. The van der Waals surface area contributed by atoms with Crippen LogP contribution < -0.4 is 20.7 Å². The minimum absolute atomic E-state index is 1.14. The molecule has 0 unspecified atom stereocenters. The number of hydrogen-bond donors (Lipinski definition) is 0. The Morgan fingerprint density at radius 3 is 1.29 bits per heavy atom. The van der Waals surface area contributed by atoms with E-state index in [4.69, 9.17) is 0 Å². The number of para-hydroxylation sites is 4. The van der Waals surface area contributed by atoms with E-state index in [0.29, 0.717) is 0 Å². The van der Waals surface area contributed by atoms with Gasteiger partial charge in [0.25, 0.3) is 0 Å². The van der Waals surface area contributed by atoms with Gasteiger partial charge in [-0.3, -0.25) is 0 Å². The largest absolute Gasteiger partial charge is 0.307 e. The van der Waals surface area contributed by atoms with Gasteiger partial charge in [-0.25, -0.2) is 0 Å². The van der Waals surface area contributed by atoms with Crippen molar-refractivity contribution in [3.63, 3.8) is 0 Å². The molecule has 0 N–H and O–H groups in total. The zero-order valence-electron chi connectivity index (χ0n) is 34.6. The summed E-state index contributed by atoms with van der Waals surface area (Å²) in [6.07, 6.45) is 0. The highest BCUT2D eigenvalue weighted by molar-refractivity contribution is 7.20. The molecule has 0 saturated carbocycles. The van der Waals surface area contributed by atoms with Gasteiger partial charge in [-0.1, -0.05) is 218 Å². The topological polar surface area (TPSA) is 9.86 Å². The fraction of sp³-hybridized carbons (Fsp3) is 0. The van der Waals surface area contributed by atoms with Gasteiger partial charge in [0.2, 0.25) is 0 Å². The third-order valence-electron chi connectivity index (χ3n) is 13.1. The Balaban J connectivity index is 1.27. The highest BCUT2D eigenvalue weighted by Crippen LogP contribution is 2.42. The molecule has 0 fully saturated rings. The number of nitrogens with zero attached hydrogens (tertiary/aromatic N) is 2. The van der Waals surface area contributed by atoms with Gasteiger partial charge in [-0.05, 0) is 73.8 Å². The lowest BCUT2D eigenvalue weighted by molar-refractivity contribution is 1.13. The fourth-order valence-corrected chi connectivity index (χ4v) is 15.4. The van der Waals surface area contributed by atoms with Gasteiger partial charge in [-0.15, -0.1) is 0 Å². The maximum atomic E-state index is 2.58. The minimum Gasteiger partial charge on any atom is -0.307 e. The van der Waals surface area contributed by atoms with Crippen LogP contribution in [-0.4, -0.2) is 17.2 Å². The van der Waals surface area contributed by atoms with Crippen LogP contribution in [0.2, 0.25) is 0 Å². The molecule has 2 heterocycles. The van der Waals surface area contributed by atoms with E-state index in [2.05, 4.69) is 264 Å². The van der Waals surface area contributed by atoms with Crippen molar-refractivity contribution >= 4 is 72.4 Å². The lowest BCUT2D eigenvalue weighted by Crippen LogP contribution is -2.75. The molecule has 0 aliphatic rings. The molecule has 0 aliphatic heterocycles. The molecule has 2 aromatic heterocycles. The quantitative estimate of drug-likeness (QED) is 0.107. The van der Waals surface area contributed by atoms with E-state index in [1.807, 2.05) is 0 Å². The molecular formula is C60H42N2Si. The summed E-state index contributed by atoms with van der Waals surface area (Å²) in [6, 6.07) is 94.5. The van der Waals surface area contributed by atoms with Gasteiger partial charge in [-0.2, -0.15) is 0 Å². The number of hydrogen-bond acceptors (Lipinski definition) is 0. The number of benzene rings is 10. The van der Waals surface area contributed by atoms with Crippen LogP contribution in [0.25, 0.3) is 77.2 Å². The number of aromatic nitrogens is 2. The smallest absolute Gasteiger partial charge is 0.180 e. The molecule has 0 radical (unpaired) electrons. The molecule has 0 spiro atoms. The van der Waals surface area contributed by atoms with Gasteiger partial charge in [0.05, 0.1) is 33.4 Å². The fourth-order valence-electron chi connectivity index (χ4n) is 10.4. The zero-order chi connectivity index (χ0) is 41.7. The van der Waals surface area contributed by atoms with E-state index in [9.17, 15) is 0 Å². The molecule has 0 aliphatic carbocycles. The Labute approximate surface area is 368 Å². The molecule has 0 saturated heterocycles. The standard InChI is InChI=1S/C60H42N2Si/c1-6-23-43(24-7-1)48-33-16-19-37-54(48)62-56-39-21-17-34-49(56)51-36-22-40-57(60(51)62)61-55-38-20-18-35-50(55)53-41-52(44-25-8-2-9-26-44)59(42-58(53)61)63(45-27-10-3-11-28-45,46-29-12-4-13-30-46)47-31-14-5-15-32-47/h1-42H. The summed E-state index contributed by atoms with van der Waals surface area (Å²) in [6.45, 7) is 0. The van der Waals surface area contributed by atoms with Gasteiger partial charge < -0.3 is 9.13 Å². The Hall–Kier alpha value is -7.98. The van der Waals surface area contributed by atoms with Crippen LogP contribution in [0, 0.1) is 0 Å². The zero-order valence-corrected chi connectivity index (χ0v) is 35.6. The van der Waals surface area contributed by atoms with Crippen molar-refractivity contribution in [2.75, 3.05) is 0 Å². The van der Waals surface area contributed by atoms with Crippen molar-refractivity contribution in [3.05, 3.63) is 255 Å². The average Bonchev–Trinajstić information content (AvgIpc) is 3.88. The Morgan fingerprint density at radius 1 is 0.270 bits per heavy atom. The SMILES string of the molecule is c1ccc(-c2ccccc2-n2c3ccccc3c3cccc(-n4c5ccccc5c5cc(-c6ccccc6)c([Si](c6ccccc6)(c6ccccc6)c6ccccc6)cc54)c32)cc1. The highest BCUT2D eigenvalue weighted by Gasteiger charge is 2.43. The van der Waals surface area contributed by atoms with E-state index < -0.39 is 8.07 Å². The van der Waals surface area contributed by atoms with Gasteiger partial charge >= 0.3 is 0 Å². The normalized spacial score (nSPS) is 11.8. The van der Waals surface area contributed by atoms with Crippen molar-refractivity contribution in [2.24, 2.45) is 0 Å². The molecule has 0 bridgehead atoms. The monoisotopic (exact) mass is 818 g/mol. The third-order valence-corrected chi connectivity index (χ3v) is 17.9. The Bertz CT molecular complexity index is 3500. The van der Waals surface area contributed by atoms with Crippen LogP contribution in [-0.2, 0) is 0 Å². The van der Waals surface area contributed by atoms with E-state index in [-0.39, 0.29) is 0 Å². The van der Waals surface area contributed by atoms with Crippen LogP contribution in [0.4, 0.5) is 0 Å². The first-order valence-corrected chi connectivity index (χ1v) is 23.8. The molecular weight excluding hydrogens is 777 g/mol. The summed E-state index contributed by atoms with van der Waals surface area (Å²) in [7, 11) is -3.02. The summed E-state index contributed by atoms with van der Waals surface area (Å²) in [5, 5.41) is 10.3. The Kier molecular flexibility index (Phi) is 8.87. The average molecular weight is 819 g/mol. The lowest BCUT2D eigenvalue weighted by Gasteiger charge is -2.36. The van der Waals surface area contributed by atoms with Crippen LogP contribution >= 0.6 is 0 Å². The van der Waals surface area contributed by atoms with Crippen LogP contribution in [0.15, 0.2) is 255 Å². The van der Waals surface area contributed by atoms with Crippen molar-refractivity contribution in [1.82, 2.24) is 9.13 Å². The molecule has 0 atom stereocenters. The molecule has 296 valence electrons. The maximum absolute atomic E-state index is 3.02. The molecule has 2 nitrogen and oxygen atoms in total. The maximum Gasteiger partial charge on any atom is 0.180 e. The van der Waals surface area contributed by atoms with E-state index in [1.54, 1.807) is 0 Å². The summed E-state index contributed by atoms with van der Waals surface area (Å²) >= 11 is 0. The summed E-state index contributed by atoms with van der Waals surface area (Å²) in [4.78, 5) is 0. The molecule has 63 heavy (non-hydrogen) atoms. The lowest BCUT2D eigenvalue weighted by atomic mass is 10.0. The van der Waals surface area contributed by atoms with Crippen molar-refractivity contribution in [2.45, 2.75) is 0 Å². The van der Waals surface area contributed by atoms with Crippen molar-refractivity contribution in [3.8, 4) is 33.6 Å². The molecule has 0 amide bonds. The second-order valence-electron chi connectivity index (χ2n) is 16.4. The second-order valence-corrected chi connectivity index (χ2v) is 20.2. The van der Waals surface area contributed by atoms with Crippen LogP contribution in [0.1, 0.15) is 0 Å². The first kappa shape index (κ1) is 36.8. The van der Waals surface area contributed by atoms with E-state index in [1.165, 1.54) is 86.6 Å². The minimum atomic E-state index is -3.02. The van der Waals surface area contributed by atoms with Gasteiger partial charge in [0, 0.05) is 27.1 Å².